The summed E-state index contributed by atoms with van der Waals surface area (Å²) in [6.45, 7) is 30.0. The number of likely N-dealkylation sites (N-methyl/N-ethyl adjacent to an activating group) is 3. The average molecular weight is 1400 g/mol. The molecule has 0 saturated carbocycles. The predicted molar refractivity (Wildman–Crippen MR) is 400 cm³/mol. The molecule has 0 aliphatic carbocycles. The van der Waals surface area contributed by atoms with Gasteiger partial charge in [0.1, 0.15) is 84.4 Å². The fraction of sp³-hybridized carbons (Fsp3) is 0.487. The van der Waals surface area contributed by atoms with Crippen LogP contribution in [-0.4, -0.2) is 224 Å². The summed E-state index contributed by atoms with van der Waals surface area (Å²) in [5, 5.41) is 54.0. The monoisotopic (exact) mass is 1400 g/mol. The molecule has 0 radical (unpaired) electrons. The van der Waals surface area contributed by atoms with Crippen LogP contribution in [0.5, 0.6) is 17.2 Å². The van der Waals surface area contributed by atoms with Gasteiger partial charge in [-0.3, -0.25) is 4.99 Å². The summed E-state index contributed by atoms with van der Waals surface area (Å²) in [6.07, 6.45) is 0.204. The van der Waals surface area contributed by atoms with Crippen LogP contribution < -0.4 is 55.5 Å². The van der Waals surface area contributed by atoms with Crippen molar-refractivity contribution in [2.45, 2.75) is 118 Å². The molecular formula is C76H103N17O9. The molecule has 3 aromatic carbocycles. The number of hydrogen-bond acceptors (Lipinski definition) is 26. The van der Waals surface area contributed by atoms with E-state index in [1.165, 1.54) is 5.57 Å². The lowest BCUT2D eigenvalue weighted by molar-refractivity contribution is 0.0853. The van der Waals surface area contributed by atoms with Gasteiger partial charge in [0, 0.05) is 142 Å². The normalized spacial score (nSPS) is 17.1. The van der Waals surface area contributed by atoms with Gasteiger partial charge in [0.05, 0.1) is 46.1 Å². The minimum atomic E-state index is -0.588. The van der Waals surface area contributed by atoms with Crippen molar-refractivity contribution in [2.75, 3.05) is 141 Å². The highest BCUT2D eigenvalue weighted by Gasteiger charge is 2.31. The van der Waals surface area contributed by atoms with Crippen molar-refractivity contribution in [3.05, 3.63) is 125 Å². The minimum Gasteiger partial charge on any atom is -0.491 e. The molecule has 0 spiro atoms. The number of aliphatic imine (C=N–C) groups is 1. The number of piperazine rings is 2. The third-order valence-corrected chi connectivity index (χ3v) is 18.3. The Kier molecular flexibility index (Phi) is 26.3. The fourth-order valence-corrected chi connectivity index (χ4v) is 13.1. The van der Waals surface area contributed by atoms with Crippen LogP contribution in [0.15, 0.2) is 105 Å². The second-order valence-electron chi connectivity index (χ2n) is 27.3. The number of aromatic nitrogens is 8. The lowest BCUT2D eigenvalue weighted by Crippen LogP contribution is -2.57. The largest absolute Gasteiger partial charge is 0.491 e. The number of ether oxygens (including phenoxy) is 4. The molecule has 0 amide bonds. The number of allylic oxidation sites excluding steroid dienone is 1. The number of benzene rings is 3. The van der Waals surface area contributed by atoms with E-state index >= 15 is 0 Å². The number of nitrogens with zero attached hydrogens (tertiary/aromatic N) is 12. The van der Waals surface area contributed by atoms with Crippen LogP contribution in [-0.2, 0) is 4.74 Å². The Morgan fingerprint density at radius 2 is 1.09 bits per heavy atom. The number of nitrogens with one attached hydrogen (secondary N) is 5. The SMILES string of the molecule is CNCC(O)COc1cccc(-c2nc(-c3c(C)noc3C)cc(N3CCNC(C)(C)C3)n2)c1.CNCC(O)COc1cccc(-c2nc(-c3c(C)noc3C)cc(N3CCNC(C)C3)n2)c1.CNCC(O)COc1cccc(-c2nc(C3=C(C)CN=C3C)c(C)c(N(C)C3CCOCC3)n2)c1. The number of aryl methyl sites for hydroxylation is 4. The molecule has 8 aromatic rings. The molecule has 4 aliphatic heterocycles. The highest BCUT2D eigenvalue weighted by atomic mass is 16.5. The maximum Gasteiger partial charge on any atom is 0.162 e. The zero-order chi connectivity index (χ0) is 72.6. The zero-order valence-corrected chi connectivity index (χ0v) is 61.6. The molecule has 0 bridgehead atoms. The van der Waals surface area contributed by atoms with Crippen molar-refractivity contribution in [1.82, 2.24) is 66.8 Å². The summed E-state index contributed by atoms with van der Waals surface area (Å²) in [7, 11) is 7.52. The Morgan fingerprint density at radius 3 is 1.52 bits per heavy atom. The van der Waals surface area contributed by atoms with E-state index in [4.69, 9.17) is 57.9 Å². The van der Waals surface area contributed by atoms with E-state index in [1.54, 1.807) is 21.1 Å². The fourth-order valence-electron chi connectivity index (χ4n) is 13.1. The van der Waals surface area contributed by atoms with E-state index < -0.39 is 18.3 Å². The Hall–Kier alpha value is -8.83. The minimum absolute atomic E-state index is 0.0194. The Labute approximate surface area is 599 Å². The maximum atomic E-state index is 10.0. The average Bonchev–Trinajstić information content (AvgIpc) is 1.33. The standard InChI is InChI=1S/C27H37N5O3.C25H34N6O3.C24H32N6O3/c1-17-14-29-19(3)24(17)25-18(2)27(32(5)21-9-11-34-12-10-21)31-26(30-25)20-7-6-8-23(13-20)35-16-22(33)15-28-4;1-16-23(17(2)34-30-16)21-12-22(31-10-9-27-25(3,4)15-31)29-24(28-21)18-7-6-8-20(11-18)33-14-19(32)13-26-5;1-15-13-30(9-8-26-15)22-11-21(23-16(2)29-33-17(23)3)27-24(28-22)18-6-5-7-20(10-18)32-14-19(31)12-25-4/h6-8,13,21-22,28,33H,9-12,14-16H2,1-5H3;6-8,11-12,19,26-27,32H,9-10,13-15H2,1-5H3;5-7,10-11,15,19,25-26,31H,8-9,12-14H2,1-4H3. The molecule has 3 saturated heterocycles. The molecule has 3 fully saturated rings. The highest BCUT2D eigenvalue weighted by molar-refractivity contribution is 6.25. The number of aliphatic hydroxyl groups excluding tert-OH is 3. The van der Waals surface area contributed by atoms with Crippen molar-refractivity contribution in [1.29, 1.82) is 0 Å². The quantitative estimate of drug-likeness (QED) is 0.0269. The van der Waals surface area contributed by atoms with E-state index in [0.717, 1.165) is 167 Å². The summed E-state index contributed by atoms with van der Waals surface area (Å²) in [4.78, 5) is 41.3. The highest BCUT2D eigenvalue weighted by Crippen LogP contribution is 2.37. The molecule has 8 N–H and O–H groups in total. The van der Waals surface area contributed by atoms with Gasteiger partial charge in [-0.25, -0.2) is 29.9 Å². The molecule has 26 heteroatoms. The first-order chi connectivity index (χ1) is 49.1. The Morgan fingerprint density at radius 1 is 0.618 bits per heavy atom. The number of rotatable bonds is 25. The lowest BCUT2D eigenvalue weighted by Gasteiger charge is -2.39. The second-order valence-corrected chi connectivity index (χ2v) is 27.3. The van der Waals surface area contributed by atoms with Gasteiger partial charge in [-0.1, -0.05) is 46.7 Å². The van der Waals surface area contributed by atoms with Crippen molar-refractivity contribution in [2.24, 2.45) is 4.99 Å². The molecule has 4 aliphatic rings. The third-order valence-electron chi connectivity index (χ3n) is 18.3. The molecule has 546 valence electrons. The first-order valence-corrected chi connectivity index (χ1v) is 35.3. The summed E-state index contributed by atoms with van der Waals surface area (Å²) >= 11 is 0. The summed E-state index contributed by atoms with van der Waals surface area (Å²) in [5.41, 5.74) is 12.9. The van der Waals surface area contributed by atoms with Crippen LogP contribution in [0.1, 0.15) is 81.6 Å². The van der Waals surface area contributed by atoms with Gasteiger partial charge in [0.2, 0.25) is 0 Å². The summed E-state index contributed by atoms with van der Waals surface area (Å²) < 4.78 is 33.9. The number of aliphatic hydroxyl groups is 3. The van der Waals surface area contributed by atoms with Crippen LogP contribution in [0, 0.1) is 34.6 Å². The molecule has 102 heavy (non-hydrogen) atoms. The molecular weight excluding hydrogens is 1290 g/mol. The Bertz CT molecular complexity index is 4110. The van der Waals surface area contributed by atoms with Gasteiger partial charge in [0.15, 0.2) is 17.5 Å². The van der Waals surface area contributed by atoms with Crippen molar-refractivity contribution < 1.29 is 43.3 Å². The van der Waals surface area contributed by atoms with Crippen LogP contribution in [0.25, 0.3) is 62.3 Å². The smallest absolute Gasteiger partial charge is 0.162 e. The van der Waals surface area contributed by atoms with Crippen LogP contribution in [0.2, 0.25) is 0 Å². The molecule has 26 nitrogen and oxygen atoms in total. The first-order valence-electron chi connectivity index (χ1n) is 35.3. The topological polar surface area (TPSA) is 309 Å². The van der Waals surface area contributed by atoms with E-state index in [2.05, 4.69) is 105 Å². The third kappa shape index (κ3) is 19.7. The summed E-state index contributed by atoms with van der Waals surface area (Å²) in [6, 6.07) is 27.9. The predicted octanol–water partition coefficient (Wildman–Crippen LogP) is 8.01. The number of anilines is 3. The second kappa shape index (κ2) is 35.4. The van der Waals surface area contributed by atoms with Gasteiger partial charge in [-0.05, 0) is 145 Å². The van der Waals surface area contributed by atoms with Crippen molar-refractivity contribution in [3.63, 3.8) is 0 Å². The maximum absolute atomic E-state index is 10.0. The van der Waals surface area contributed by atoms with Gasteiger partial charge in [-0.2, -0.15) is 0 Å². The Balaban J connectivity index is 0.000000165. The van der Waals surface area contributed by atoms with Crippen LogP contribution in [0.4, 0.5) is 17.5 Å². The molecule has 4 atom stereocenters. The van der Waals surface area contributed by atoms with Crippen molar-refractivity contribution in [3.8, 4) is 73.9 Å². The molecule has 4 unspecified atom stereocenters. The molecule has 12 rings (SSSR count). The van der Waals surface area contributed by atoms with Gasteiger partial charge in [-0.15, -0.1) is 0 Å². The summed E-state index contributed by atoms with van der Waals surface area (Å²) in [5.74, 6) is 7.99. The van der Waals surface area contributed by atoms with Gasteiger partial charge < -0.3 is 84.6 Å². The lowest BCUT2D eigenvalue weighted by atomic mass is 9.99. The van der Waals surface area contributed by atoms with Crippen molar-refractivity contribution >= 4 is 28.7 Å². The van der Waals surface area contributed by atoms with E-state index in [-0.39, 0.29) is 25.4 Å². The van der Waals surface area contributed by atoms with Crippen LogP contribution >= 0.6 is 0 Å². The molecule has 5 aromatic heterocycles. The van der Waals surface area contributed by atoms with Crippen LogP contribution in [0.3, 0.4) is 0 Å². The van der Waals surface area contributed by atoms with Gasteiger partial charge >= 0.3 is 0 Å². The molecule has 9 heterocycles. The van der Waals surface area contributed by atoms with E-state index in [1.807, 2.05) is 113 Å². The zero-order valence-electron chi connectivity index (χ0n) is 61.6. The van der Waals surface area contributed by atoms with E-state index in [9.17, 15) is 15.3 Å². The number of hydrogen-bond donors (Lipinski definition) is 8. The van der Waals surface area contributed by atoms with Gasteiger partial charge in [0.25, 0.3) is 0 Å². The first kappa shape index (κ1) is 75.8. The van der Waals surface area contributed by atoms with E-state index in [0.29, 0.717) is 73.0 Å².